The summed E-state index contributed by atoms with van der Waals surface area (Å²) < 4.78 is 10.5. The third-order valence-electron chi connectivity index (χ3n) is 5.26. The Morgan fingerprint density at radius 2 is 1.79 bits per heavy atom. The van der Waals surface area contributed by atoms with Crippen molar-refractivity contribution in [2.75, 3.05) is 50.6 Å². The number of rotatable bonds is 6. The van der Waals surface area contributed by atoms with E-state index in [2.05, 4.69) is 10.2 Å². The fourth-order valence-electron chi connectivity index (χ4n) is 3.53. The zero-order valence-corrected chi connectivity index (χ0v) is 17.3. The zero-order valence-electron chi connectivity index (χ0n) is 16.5. The van der Waals surface area contributed by atoms with Gasteiger partial charge in [0.15, 0.2) is 17.5 Å². The predicted molar refractivity (Wildman–Crippen MR) is 112 cm³/mol. The smallest absolute Gasteiger partial charge is 0.282 e. The third kappa shape index (κ3) is 4.51. The molecule has 6 nitrogen and oxygen atoms in total. The SMILES string of the molecule is COc1ccc(NC(=O)[C@H](C)[NH+]2CCN(c3ccccc3Cl)CC2)cc1OC. The highest BCUT2D eigenvalue weighted by Crippen LogP contribution is 2.29. The number of benzene rings is 2. The van der Waals surface area contributed by atoms with Gasteiger partial charge in [-0.2, -0.15) is 0 Å². The molecule has 1 aliphatic rings. The average molecular weight is 405 g/mol. The monoisotopic (exact) mass is 404 g/mol. The maximum Gasteiger partial charge on any atom is 0.282 e. The van der Waals surface area contributed by atoms with Gasteiger partial charge in [-0.25, -0.2) is 0 Å². The fourth-order valence-corrected chi connectivity index (χ4v) is 3.78. The molecule has 2 N–H and O–H groups in total. The second-order valence-electron chi connectivity index (χ2n) is 6.88. The Morgan fingerprint density at radius 3 is 2.43 bits per heavy atom. The molecule has 0 bridgehead atoms. The van der Waals surface area contributed by atoms with Gasteiger partial charge < -0.3 is 24.6 Å². The molecule has 0 unspecified atom stereocenters. The van der Waals surface area contributed by atoms with Crippen molar-refractivity contribution in [3.63, 3.8) is 0 Å². The largest absolute Gasteiger partial charge is 0.493 e. The van der Waals surface area contributed by atoms with Crippen LogP contribution in [0, 0.1) is 0 Å². The van der Waals surface area contributed by atoms with Crippen LogP contribution < -0.4 is 24.6 Å². The molecular formula is C21H27ClN3O3+. The van der Waals surface area contributed by atoms with Crippen molar-refractivity contribution in [3.8, 4) is 11.5 Å². The van der Waals surface area contributed by atoms with Crippen LogP contribution >= 0.6 is 11.6 Å². The summed E-state index contributed by atoms with van der Waals surface area (Å²) in [5, 5.41) is 3.76. The zero-order chi connectivity index (χ0) is 20.1. The van der Waals surface area contributed by atoms with Crippen LogP contribution in [0.5, 0.6) is 11.5 Å². The van der Waals surface area contributed by atoms with E-state index >= 15 is 0 Å². The lowest BCUT2D eigenvalue weighted by Gasteiger charge is -2.36. The Bertz CT molecular complexity index is 822. The van der Waals surface area contributed by atoms with E-state index in [0.29, 0.717) is 17.2 Å². The molecule has 2 aromatic carbocycles. The van der Waals surface area contributed by atoms with Crippen LogP contribution in [-0.2, 0) is 4.79 Å². The molecule has 1 heterocycles. The standard InChI is InChI=1S/C21H26ClN3O3/c1-15(21(26)23-16-8-9-19(27-2)20(14-16)28-3)24-10-12-25(13-11-24)18-7-5-4-6-17(18)22/h4-9,14-15H,10-13H2,1-3H3,(H,23,26)/p+1/t15-/m0/s1. The number of hydrogen-bond donors (Lipinski definition) is 2. The number of carbonyl (C=O) groups is 1. The molecule has 7 heteroatoms. The van der Waals surface area contributed by atoms with Crippen molar-refractivity contribution in [1.29, 1.82) is 0 Å². The first-order valence-corrected chi connectivity index (χ1v) is 9.78. The number of quaternary nitrogens is 1. The summed E-state index contributed by atoms with van der Waals surface area (Å²) in [5.74, 6) is 1.22. The first-order valence-electron chi connectivity index (χ1n) is 9.40. The van der Waals surface area contributed by atoms with E-state index < -0.39 is 0 Å². The maximum absolute atomic E-state index is 12.7. The van der Waals surface area contributed by atoms with Crippen LogP contribution in [0.4, 0.5) is 11.4 Å². The second kappa shape index (κ2) is 9.17. The van der Waals surface area contributed by atoms with Crippen LogP contribution in [0.15, 0.2) is 42.5 Å². The van der Waals surface area contributed by atoms with Gasteiger partial charge >= 0.3 is 0 Å². The van der Waals surface area contributed by atoms with Crippen LogP contribution in [0.3, 0.4) is 0 Å². The summed E-state index contributed by atoms with van der Waals surface area (Å²) in [6, 6.07) is 13.1. The summed E-state index contributed by atoms with van der Waals surface area (Å²) in [5.41, 5.74) is 1.76. The van der Waals surface area contributed by atoms with Crippen LogP contribution in [0.1, 0.15) is 6.92 Å². The molecule has 1 saturated heterocycles. The van der Waals surface area contributed by atoms with Gasteiger partial charge in [0, 0.05) is 11.8 Å². The average Bonchev–Trinajstić information content (AvgIpc) is 2.73. The molecule has 0 saturated carbocycles. The van der Waals surface area contributed by atoms with Crippen molar-refractivity contribution in [3.05, 3.63) is 47.5 Å². The van der Waals surface area contributed by atoms with Gasteiger partial charge in [-0.3, -0.25) is 4.79 Å². The quantitative estimate of drug-likeness (QED) is 0.774. The van der Waals surface area contributed by atoms with Gasteiger partial charge in [0.05, 0.1) is 51.1 Å². The first kappa shape index (κ1) is 20.3. The highest BCUT2D eigenvalue weighted by molar-refractivity contribution is 6.33. The number of ether oxygens (including phenoxy) is 2. The van der Waals surface area contributed by atoms with Crippen molar-refractivity contribution >= 4 is 28.9 Å². The maximum atomic E-state index is 12.7. The third-order valence-corrected chi connectivity index (χ3v) is 5.58. The Balaban J connectivity index is 1.58. The number of piperazine rings is 1. The lowest BCUT2D eigenvalue weighted by Crippen LogP contribution is -3.19. The highest BCUT2D eigenvalue weighted by Gasteiger charge is 2.29. The number of anilines is 2. The lowest BCUT2D eigenvalue weighted by molar-refractivity contribution is -0.914. The number of methoxy groups -OCH3 is 2. The van der Waals surface area contributed by atoms with Gasteiger partial charge in [0.2, 0.25) is 0 Å². The summed E-state index contributed by atoms with van der Waals surface area (Å²) in [4.78, 5) is 16.3. The molecule has 0 aromatic heterocycles. The Kier molecular flexibility index (Phi) is 6.65. The topological polar surface area (TPSA) is 55.2 Å². The molecule has 0 radical (unpaired) electrons. The first-order chi connectivity index (χ1) is 13.5. The van der Waals surface area contributed by atoms with Gasteiger partial charge in [0.1, 0.15) is 0 Å². The molecule has 1 fully saturated rings. The summed E-state index contributed by atoms with van der Waals surface area (Å²) >= 11 is 6.31. The Hall–Kier alpha value is -2.44. The summed E-state index contributed by atoms with van der Waals surface area (Å²) in [6.07, 6.45) is 0. The number of nitrogens with one attached hydrogen (secondary N) is 2. The molecule has 1 amide bonds. The van der Waals surface area contributed by atoms with E-state index in [4.69, 9.17) is 21.1 Å². The number of halogens is 1. The van der Waals surface area contributed by atoms with E-state index in [-0.39, 0.29) is 11.9 Å². The van der Waals surface area contributed by atoms with E-state index in [0.717, 1.165) is 36.9 Å². The summed E-state index contributed by atoms with van der Waals surface area (Å²) in [7, 11) is 3.17. The summed E-state index contributed by atoms with van der Waals surface area (Å²) in [6.45, 7) is 5.47. The molecule has 1 aliphatic heterocycles. The normalized spacial score (nSPS) is 15.8. The van der Waals surface area contributed by atoms with E-state index in [1.807, 2.05) is 37.3 Å². The minimum absolute atomic E-state index is 0.00610. The van der Waals surface area contributed by atoms with E-state index in [1.165, 1.54) is 4.90 Å². The lowest BCUT2D eigenvalue weighted by atomic mass is 10.2. The van der Waals surface area contributed by atoms with E-state index in [9.17, 15) is 4.79 Å². The highest BCUT2D eigenvalue weighted by atomic mass is 35.5. The van der Waals surface area contributed by atoms with Crippen molar-refractivity contribution in [2.45, 2.75) is 13.0 Å². The van der Waals surface area contributed by atoms with Gasteiger partial charge in [-0.05, 0) is 31.2 Å². The number of hydrogen-bond acceptors (Lipinski definition) is 4. The van der Waals surface area contributed by atoms with Gasteiger partial charge in [0.25, 0.3) is 5.91 Å². The Morgan fingerprint density at radius 1 is 1.11 bits per heavy atom. The van der Waals surface area contributed by atoms with Crippen molar-refractivity contribution < 1.29 is 19.2 Å². The molecule has 2 aromatic rings. The van der Waals surface area contributed by atoms with Gasteiger partial charge in [-0.1, -0.05) is 23.7 Å². The number of amides is 1. The van der Waals surface area contributed by atoms with Crippen LogP contribution in [-0.4, -0.2) is 52.3 Å². The molecule has 3 rings (SSSR count). The minimum atomic E-state index is -0.151. The molecule has 28 heavy (non-hydrogen) atoms. The van der Waals surface area contributed by atoms with Crippen LogP contribution in [0.2, 0.25) is 5.02 Å². The predicted octanol–water partition coefficient (Wildman–Crippen LogP) is 2.09. The molecule has 1 atom stereocenters. The number of para-hydroxylation sites is 1. The van der Waals surface area contributed by atoms with Crippen molar-refractivity contribution in [2.24, 2.45) is 0 Å². The van der Waals surface area contributed by atoms with E-state index in [1.54, 1.807) is 26.4 Å². The van der Waals surface area contributed by atoms with Gasteiger partial charge in [-0.15, -0.1) is 0 Å². The Labute approximate surface area is 171 Å². The number of nitrogens with zero attached hydrogens (tertiary/aromatic N) is 1. The molecule has 0 spiro atoms. The number of carbonyl (C=O) groups excluding carboxylic acids is 1. The fraction of sp³-hybridized carbons (Fsp3) is 0.381. The molecular weight excluding hydrogens is 378 g/mol. The molecule has 0 aliphatic carbocycles. The molecule has 150 valence electrons. The van der Waals surface area contributed by atoms with Crippen molar-refractivity contribution in [1.82, 2.24) is 0 Å². The van der Waals surface area contributed by atoms with Crippen LogP contribution in [0.25, 0.3) is 0 Å². The second-order valence-corrected chi connectivity index (χ2v) is 7.28. The minimum Gasteiger partial charge on any atom is -0.493 e.